The van der Waals surface area contributed by atoms with Gasteiger partial charge in [-0.2, -0.15) is 5.26 Å². The molecule has 0 spiro atoms. The van der Waals surface area contributed by atoms with Crippen LogP contribution in [0.1, 0.15) is 40.7 Å². The number of carboxylic acid groups (broad SMARTS) is 1. The standard InChI is InChI=1S/C54H42N2O3/c1-37(34-42(36-55)53(57)58)12-11-13-38-20-26-44(27-21-38)54(43-14-5-2-6-15-43)33-32-48-47-30-24-40(35-41(47)25-31-51(48)59-54)39-22-28-46(29-23-39)56(45-16-7-3-8-17-45)52-49-18-9-4-10-19-50(49)52/h2-12,14-22,24-28,30-35,49,52H,1,13,23,29H2,(H,57,58)/b12-11-,42-34+/t49-,52?,54?/m1/s1. The fourth-order valence-corrected chi connectivity index (χ4v) is 8.58. The number of nitrogens with zero attached hydrogens (tertiary/aromatic N) is 2. The van der Waals surface area contributed by atoms with Gasteiger partial charge in [0.1, 0.15) is 17.4 Å². The number of hydrogen-bond donors (Lipinski definition) is 1. The molecule has 0 amide bonds. The van der Waals surface area contributed by atoms with Crippen LogP contribution in [-0.4, -0.2) is 17.1 Å². The predicted molar refractivity (Wildman–Crippen MR) is 238 cm³/mol. The van der Waals surface area contributed by atoms with E-state index in [-0.39, 0.29) is 5.57 Å². The van der Waals surface area contributed by atoms with Gasteiger partial charge in [-0.1, -0.05) is 146 Å². The molecule has 1 heterocycles. The summed E-state index contributed by atoms with van der Waals surface area (Å²) in [5.74, 6) is 0.00909. The van der Waals surface area contributed by atoms with E-state index in [2.05, 4.69) is 163 Å². The van der Waals surface area contributed by atoms with E-state index >= 15 is 0 Å². The number of aliphatic carboxylic acids is 1. The lowest BCUT2D eigenvalue weighted by Gasteiger charge is -2.36. The second-order valence-corrected chi connectivity index (χ2v) is 15.3. The Balaban J connectivity index is 0.969. The van der Waals surface area contributed by atoms with E-state index in [1.165, 1.54) is 39.6 Å². The molecule has 1 saturated carbocycles. The number of hydrogen-bond acceptors (Lipinski definition) is 4. The Labute approximate surface area is 345 Å². The molecule has 2 unspecified atom stereocenters. The van der Waals surface area contributed by atoms with Gasteiger partial charge in [0.15, 0.2) is 5.60 Å². The molecule has 3 atom stereocenters. The van der Waals surface area contributed by atoms with Crippen LogP contribution in [0, 0.1) is 17.2 Å². The molecule has 1 aliphatic heterocycles. The molecular weight excluding hydrogens is 725 g/mol. The van der Waals surface area contributed by atoms with Gasteiger partial charge in [0.05, 0.1) is 6.04 Å². The van der Waals surface area contributed by atoms with Crippen molar-refractivity contribution in [1.29, 1.82) is 5.26 Å². The number of anilines is 1. The molecule has 286 valence electrons. The van der Waals surface area contributed by atoms with Gasteiger partial charge in [0.2, 0.25) is 0 Å². The Bertz CT molecular complexity index is 2770. The van der Waals surface area contributed by atoms with Crippen LogP contribution in [0.4, 0.5) is 5.69 Å². The van der Waals surface area contributed by atoms with Crippen molar-refractivity contribution in [2.75, 3.05) is 4.90 Å². The molecule has 0 aromatic heterocycles. The number of allylic oxidation sites excluding steroid dienone is 12. The fourth-order valence-electron chi connectivity index (χ4n) is 8.58. The molecule has 0 saturated heterocycles. The first-order valence-corrected chi connectivity index (χ1v) is 20.0. The zero-order valence-corrected chi connectivity index (χ0v) is 32.5. The maximum atomic E-state index is 11.2. The molecule has 5 heteroatoms. The van der Waals surface area contributed by atoms with Crippen molar-refractivity contribution < 1.29 is 14.6 Å². The summed E-state index contributed by atoms with van der Waals surface area (Å²) in [6, 6.07) is 42.6. The average molecular weight is 767 g/mol. The van der Waals surface area contributed by atoms with Crippen LogP contribution in [0.3, 0.4) is 0 Å². The van der Waals surface area contributed by atoms with E-state index < -0.39 is 11.6 Å². The predicted octanol–water partition coefficient (Wildman–Crippen LogP) is 12.0. The third kappa shape index (κ3) is 7.33. The van der Waals surface area contributed by atoms with Gasteiger partial charge in [-0.3, -0.25) is 0 Å². The summed E-state index contributed by atoms with van der Waals surface area (Å²) < 4.78 is 7.07. The van der Waals surface area contributed by atoms with E-state index in [1.807, 2.05) is 24.3 Å². The second kappa shape index (κ2) is 15.8. The van der Waals surface area contributed by atoms with Crippen LogP contribution in [0.25, 0.3) is 22.4 Å². The number of carboxylic acids is 1. The smallest absolute Gasteiger partial charge is 0.346 e. The topological polar surface area (TPSA) is 73.6 Å². The molecule has 5 aromatic rings. The zero-order valence-electron chi connectivity index (χ0n) is 32.5. The third-order valence-electron chi connectivity index (χ3n) is 11.6. The maximum absolute atomic E-state index is 11.2. The summed E-state index contributed by atoms with van der Waals surface area (Å²) in [5, 5.41) is 20.5. The van der Waals surface area contributed by atoms with Crippen LogP contribution in [-0.2, 0) is 16.8 Å². The molecular formula is C54H42N2O3. The van der Waals surface area contributed by atoms with Gasteiger partial charge in [0.25, 0.3) is 0 Å². The Morgan fingerprint density at radius 2 is 1.66 bits per heavy atom. The summed E-state index contributed by atoms with van der Waals surface area (Å²) in [7, 11) is 0. The van der Waals surface area contributed by atoms with Crippen molar-refractivity contribution in [3.05, 3.63) is 239 Å². The van der Waals surface area contributed by atoms with Crippen molar-refractivity contribution in [1.82, 2.24) is 0 Å². The molecule has 5 aromatic carbocycles. The minimum Gasteiger partial charge on any atom is -0.477 e. The number of ether oxygens (including phenoxy) is 1. The normalized spacial score (nSPS) is 20.3. The summed E-state index contributed by atoms with van der Waals surface area (Å²) in [6.45, 7) is 3.86. The van der Waals surface area contributed by atoms with Crippen LogP contribution < -0.4 is 9.64 Å². The number of fused-ring (bicyclic) bond motifs is 4. The van der Waals surface area contributed by atoms with Gasteiger partial charge in [0, 0.05) is 34.0 Å². The second-order valence-electron chi connectivity index (χ2n) is 15.3. The summed E-state index contributed by atoms with van der Waals surface area (Å²) in [5.41, 5.74) is 10.1. The fraction of sp³-hybridized carbons (Fsp3) is 0.111. The number of rotatable bonds is 11. The summed E-state index contributed by atoms with van der Waals surface area (Å²) in [4.78, 5) is 13.7. The molecule has 1 N–H and O–H groups in total. The highest BCUT2D eigenvalue weighted by Crippen LogP contribution is 2.49. The SMILES string of the molecule is C=C(/C=C\Cc1ccc(C2(c3ccccc3)C=Cc3c(ccc4cc(C5=CC=C(N(c6ccccc6)C6C7=CC=CC=C[C@H]76)CC5)ccc34)O2)cc1)/C=C(\C#N)C(=O)O. The molecule has 9 rings (SSSR count). The van der Waals surface area contributed by atoms with E-state index in [9.17, 15) is 4.79 Å². The minimum atomic E-state index is -1.27. The number of carbonyl (C=O) groups is 1. The average Bonchev–Trinajstić information content (AvgIpc) is 4.02. The molecule has 1 fully saturated rings. The van der Waals surface area contributed by atoms with Gasteiger partial charge >= 0.3 is 5.97 Å². The first kappa shape index (κ1) is 37.2. The number of para-hydroxylation sites is 1. The van der Waals surface area contributed by atoms with Crippen LogP contribution in [0.5, 0.6) is 5.75 Å². The van der Waals surface area contributed by atoms with E-state index in [1.54, 1.807) is 12.1 Å². The van der Waals surface area contributed by atoms with Crippen LogP contribution in [0.15, 0.2) is 211 Å². The molecule has 4 aliphatic rings. The molecule has 0 radical (unpaired) electrons. The quantitative estimate of drug-likeness (QED) is 0.0823. The van der Waals surface area contributed by atoms with Crippen molar-refractivity contribution in [3.63, 3.8) is 0 Å². The Morgan fingerprint density at radius 1 is 0.881 bits per heavy atom. The van der Waals surface area contributed by atoms with Crippen molar-refractivity contribution in [2.24, 2.45) is 5.92 Å². The molecule has 3 aliphatic carbocycles. The van der Waals surface area contributed by atoms with E-state index in [0.717, 1.165) is 46.2 Å². The van der Waals surface area contributed by atoms with Crippen LogP contribution in [0.2, 0.25) is 0 Å². The lowest BCUT2D eigenvalue weighted by atomic mass is 9.82. The Morgan fingerprint density at radius 3 is 2.41 bits per heavy atom. The number of nitriles is 1. The van der Waals surface area contributed by atoms with E-state index in [0.29, 0.717) is 24.0 Å². The van der Waals surface area contributed by atoms with Gasteiger partial charge in [-0.05, 0) is 106 Å². The zero-order chi connectivity index (χ0) is 40.3. The monoisotopic (exact) mass is 766 g/mol. The van der Waals surface area contributed by atoms with Gasteiger partial charge in [-0.15, -0.1) is 0 Å². The highest BCUT2D eigenvalue weighted by Gasteiger charge is 2.47. The van der Waals surface area contributed by atoms with Gasteiger partial charge in [-0.25, -0.2) is 4.79 Å². The largest absolute Gasteiger partial charge is 0.477 e. The van der Waals surface area contributed by atoms with Crippen molar-refractivity contribution >= 4 is 34.1 Å². The van der Waals surface area contributed by atoms with Gasteiger partial charge < -0.3 is 14.7 Å². The summed E-state index contributed by atoms with van der Waals surface area (Å²) in [6.07, 6.45) is 27.6. The summed E-state index contributed by atoms with van der Waals surface area (Å²) >= 11 is 0. The Kier molecular flexibility index (Phi) is 9.98. The van der Waals surface area contributed by atoms with Crippen molar-refractivity contribution in [3.8, 4) is 11.8 Å². The highest BCUT2D eigenvalue weighted by atomic mass is 16.5. The lowest BCUT2D eigenvalue weighted by Crippen LogP contribution is -2.34. The van der Waals surface area contributed by atoms with Crippen LogP contribution >= 0.6 is 0 Å². The lowest BCUT2D eigenvalue weighted by molar-refractivity contribution is -0.132. The molecule has 0 bridgehead atoms. The molecule has 5 nitrogen and oxygen atoms in total. The first-order valence-electron chi connectivity index (χ1n) is 20.0. The van der Waals surface area contributed by atoms with Crippen molar-refractivity contribution in [2.45, 2.75) is 30.9 Å². The number of benzene rings is 5. The molecule has 59 heavy (non-hydrogen) atoms. The third-order valence-corrected chi connectivity index (χ3v) is 11.6. The first-order chi connectivity index (χ1) is 28.9. The highest BCUT2D eigenvalue weighted by molar-refractivity contribution is 5.96. The maximum Gasteiger partial charge on any atom is 0.346 e. The minimum absolute atomic E-state index is 0.346. The van der Waals surface area contributed by atoms with E-state index in [4.69, 9.17) is 15.1 Å². The Hall–Kier alpha value is -7.42.